The summed E-state index contributed by atoms with van der Waals surface area (Å²) in [5.41, 5.74) is 5.97. The van der Waals surface area contributed by atoms with Crippen molar-refractivity contribution in [2.45, 2.75) is 51.0 Å². The maximum atomic E-state index is 14.5. The predicted molar refractivity (Wildman–Crippen MR) is 148 cm³/mol. The topological polar surface area (TPSA) is 108 Å². The number of nitrogens with one attached hydrogen (secondary N) is 1. The molecule has 0 spiro atoms. The molecule has 2 aliphatic rings. The number of piperidine rings is 1. The number of anilines is 2. The standard InChI is InChI=1S/C27H32ClF4N7O2/c1-3-16-5-6-17(20(29)13-16)14-37-9-7-19(8-10-37)39-12-11-38(15-18(39)4-2)25-22(28)34-21(23(33)40)24(35-25)36-26(41)27(30,31)32/h3,5-6,13,18-19H,1,4,7-12,14-15H2,2H3,(H2,33,40)(H,35,36,41)/t18-/m0/s1. The van der Waals surface area contributed by atoms with Gasteiger partial charge in [-0.05, 0) is 44.0 Å². The van der Waals surface area contributed by atoms with Crippen LogP contribution in [-0.4, -0.2) is 82.6 Å². The van der Waals surface area contributed by atoms with Gasteiger partial charge >= 0.3 is 12.1 Å². The summed E-state index contributed by atoms with van der Waals surface area (Å²) in [5.74, 6) is -4.35. The highest BCUT2D eigenvalue weighted by Crippen LogP contribution is 2.31. The van der Waals surface area contributed by atoms with E-state index in [9.17, 15) is 27.2 Å². The summed E-state index contributed by atoms with van der Waals surface area (Å²) in [6.45, 7) is 9.45. The molecule has 1 aromatic carbocycles. The van der Waals surface area contributed by atoms with Gasteiger partial charge in [0.15, 0.2) is 22.5 Å². The van der Waals surface area contributed by atoms with E-state index in [1.165, 1.54) is 6.07 Å². The molecule has 0 saturated carbocycles. The molecule has 0 aliphatic carbocycles. The molecule has 2 saturated heterocycles. The first-order valence-electron chi connectivity index (χ1n) is 13.3. The second kappa shape index (κ2) is 12.7. The van der Waals surface area contributed by atoms with E-state index in [-0.39, 0.29) is 22.8 Å². The fourth-order valence-electron chi connectivity index (χ4n) is 5.42. The second-order valence-corrected chi connectivity index (χ2v) is 10.5. The third kappa shape index (κ3) is 7.14. The lowest BCUT2D eigenvalue weighted by Crippen LogP contribution is -2.58. The minimum atomic E-state index is -5.20. The van der Waals surface area contributed by atoms with Crippen molar-refractivity contribution in [1.29, 1.82) is 0 Å². The maximum Gasteiger partial charge on any atom is 0.471 e. The van der Waals surface area contributed by atoms with Crippen molar-refractivity contribution in [3.8, 4) is 0 Å². The van der Waals surface area contributed by atoms with Crippen LogP contribution in [0.1, 0.15) is 47.8 Å². The highest BCUT2D eigenvalue weighted by atomic mass is 35.5. The third-order valence-corrected chi connectivity index (χ3v) is 7.84. The Kier molecular flexibility index (Phi) is 9.50. The number of piperazine rings is 1. The monoisotopic (exact) mass is 597 g/mol. The number of halogens is 5. The van der Waals surface area contributed by atoms with Crippen LogP contribution in [0.15, 0.2) is 24.8 Å². The molecule has 0 radical (unpaired) electrons. The van der Waals surface area contributed by atoms with Gasteiger partial charge in [-0.15, -0.1) is 0 Å². The SMILES string of the molecule is C=Cc1ccc(CN2CCC(N3CCN(c4nc(NC(=O)C(F)(F)F)c(C(N)=O)nc4Cl)C[C@@H]3CC)CC2)c(F)c1. The van der Waals surface area contributed by atoms with Gasteiger partial charge in [0, 0.05) is 43.8 Å². The molecule has 9 nitrogen and oxygen atoms in total. The smallest absolute Gasteiger partial charge is 0.364 e. The van der Waals surface area contributed by atoms with E-state index in [0.717, 1.165) is 37.9 Å². The molecule has 222 valence electrons. The Bertz CT molecular complexity index is 1300. The van der Waals surface area contributed by atoms with E-state index >= 15 is 0 Å². The Hall–Kier alpha value is -3.29. The minimum Gasteiger partial charge on any atom is -0.364 e. The van der Waals surface area contributed by atoms with Crippen molar-refractivity contribution in [2.75, 3.05) is 42.9 Å². The molecule has 2 amide bonds. The Morgan fingerprint density at radius 1 is 1.20 bits per heavy atom. The molecule has 0 bridgehead atoms. The number of rotatable bonds is 8. The molecule has 4 rings (SSSR count). The van der Waals surface area contributed by atoms with Gasteiger partial charge in [0.2, 0.25) is 0 Å². The zero-order valence-electron chi connectivity index (χ0n) is 22.6. The first-order chi connectivity index (χ1) is 19.4. The van der Waals surface area contributed by atoms with Crippen molar-refractivity contribution in [2.24, 2.45) is 5.73 Å². The normalized spacial score (nSPS) is 19.3. The summed E-state index contributed by atoms with van der Waals surface area (Å²) in [6, 6.07) is 5.55. The van der Waals surface area contributed by atoms with Crippen molar-refractivity contribution < 1.29 is 27.2 Å². The van der Waals surface area contributed by atoms with Gasteiger partial charge in [0.1, 0.15) is 5.82 Å². The van der Waals surface area contributed by atoms with Crippen molar-refractivity contribution in [3.63, 3.8) is 0 Å². The molecular weight excluding hydrogens is 566 g/mol. The van der Waals surface area contributed by atoms with Crippen LogP contribution in [0.5, 0.6) is 0 Å². The summed E-state index contributed by atoms with van der Waals surface area (Å²) in [5, 5.41) is 1.39. The quantitative estimate of drug-likeness (QED) is 0.442. The first-order valence-corrected chi connectivity index (χ1v) is 13.7. The van der Waals surface area contributed by atoms with E-state index in [1.54, 1.807) is 22.4 Å². The highest BCUT2D eigenvalue weighted by Gasteiger charge is 2.40. The molecule has 41 heavy (non-hydrogen) atoms. The van der Waals surface area contributed by atoms with E-state index in [2.05, 4.69) is 26.3 Å². The number of hydrogen-bond acceptors (Lipinski definition) is 7. The first kappa shape index (κ1) is 30.7. The fourth-order valence-corrected chi connectivity index (χ4v) is 5.67. The Balaban J connectivity index is 1.42. The van der Waals surface area contributed by atoms with Gasteiger partial charge in [-0.2, -0.15) is 13.2 Å². The van der Waals surface area contributed by atoms with Gasteiger partial charge < -0.3 is 16.0 Å². The lowest BCUT2D eigenvalue weighted by atomic mass is 9.97. The molecule has 2 aromatic rings. The largest absolute Gasteiger partial charge is 0.471 e. The second-order valence-electron chi connectivity index (χ2n) is 10.2. The Morgan fingerprint density at radius 3 is 2.49 bits per heavy atom. The molecule has 1 atom stereocenters. The number of amides is 2. The summed E-state index contributed by atoms with van der Waals surface area (Å²) < 4.78 is 53.0. The molecule has 1 aromatic heterocycles. The van der Waals surface area contributed by atoms with Crippen LogP contribution in [-0.2, 0) is 11.3 Å². The average molecular weight is 598 g/mol. The molecule has 3 heterocycles. The lowest BCUT2D eigenvalue weighted by Gasteiger charge is -2.47. The van der Waals surface area contributed by atoms with E-state index in [0.29, 0.717) is 37.8 Å². The van der Waals surface area contributed by atoms with Crippen LogP contribution in [0.2, 0.25) is 5.15 Å². The van der Waals surface area contributed by atoms with Crippen molar-refractivity contribution in [1.82, 2.24) is 19.8 Å². The summed E-state index contributed by atoms with van der Waals surface area (Å²) in [4.78, 5) is 37.7. The molecule has 14 heteroatoms. The Labute approximate surface area is 240 Å². The number of hydrogen-bond donors (Lipinski definition) is 2. The number of carbonyl (C=O) groups is 2. The lowest BCUT2D eigenvalue weighted by molar-refractivity contribution is -0.167. The van der Waals surface area contributed by atoms with Gasteiger partial charge in [-0.3, -0.25) is 19.4 Å². The van der Waals surface area contributed by atoms with Gasteiger partial charge in [0.25, 0.3) is 5.91 Å². The van der Waals surface area contributed by atoms with Crippen LogP contribution in [0, 0.1) is 5.82 Å². The summed E-state index contributed by atoms with van der Waals surface area (Å²) >= 11 is 6.28. The molecule has 2 aliphatic heterocycles. The van der Waals surface area contributed by atoms with E-state index < -0.39 is 29.5 Å². The number of likely N-dealkylation sites (tertiary alicyclic amines) is 1. The molecule has 3 N–H and O–H groups in total. The van der Waals surface area contributed by atoms with Gasteiger partial charge in [-0.1, -0.05) is 43.3 Å². The number of benzene rings is 1. The van der Waals surface area contributed by atoms with Crippen molar-refractivity contribution in [3.05, 3.63) is 52.6 Å². The Morgan fingerprint density at radius 2 is 1.90 bits per heavy atom. The van der Waals surface area contributed by atoms with Crippen LogP contribution in [0.25, 0.3) is 6.08 Å². The van der Waals surface area contributed by atoms with Crippen LogP contribution >= 0.6 is 11.6 Å². The third-order valence-electron chi connectivity index (χ3n) is 7.59. The predicted octanol–water partition coefficient (Wildman–Crippen LogP) is 4.08. The van der Waals surface area contributed by atoms with Gasteiger partial charge in [-0.25, -0.2) is 14.4 Å². The molecule has 2 fully saturated rings. The number of primary amides is 1. The number of nitrogens with zero attached hydrogens (tertiary/aromatic N) is 5. The average Bonchev–Trinajstić information content (AvgIpc) is 2.94. The van der Waals surface area contributed by atoms with E-state index in [4.69, 9.17) is 17.3 Å². The minimum absolute atomic E-state index is 0.0616. The summed E-state index contributed by atoms with van der Waals surface area (Å²) in [7, 11) is 0. The molecular formula is C27H32ClF4N7O2. The van der Waals surface area contributed by atoms with Crippen LogP contribution < -0.4 is 16.0 Å². The number of nitrogens with two attached hydrogens (primary N) is 1. The number of carbonyl (C=O) groups excluding carboxylic acids is 2. The van der Waals surface area contributed by atoms with Crippen LogP contribution in [0.4, 0.5) is 29.2 Å². The number of aromatic nitrogens is 2. The fraction of sp³-hybridized carbons (Fsp3) is 0.481. The van der Waals surface area contributed by atoms with Crippen molar-refractivity contribution >= 4 is 41.1 Å². The highest BCUT2D eigenvalue weighted by molar-refractivity contribution is 6.32. The zero-order valence-corrected chi connectivity index (χ0v) is 23.3. The zero-order chi connectivity index (χ0) is 29.9. The molecule has 0 unspecified atom stereocenters. The maximum absolute atomic E-state index is 14.5. The van der Waals surface area contributed by atoms with E-state index in [1.807, 2.05) is 13.0 Å². The summed E-state index contributed by atoms with van der Waals surface area (Å²) in [6.07, 6.45) is -0.979. The van der Waals surface area contributed by atoms with Crippen LogP contribution in [0.3, 0.4) is 0 Å². The van der Waals surface area contributed by atoms with Gasteiger partial charge in [0.05, 0.1) is 0 Å². The number of alkyl halides is 3.